The quantitative estimate of drug-likeness (QED) is 0.568. The van der Waals surface area contributed by atoms with Crippen LogP contribution < -0.4 is 11.2 Å². The first-order valence-electron chi connectivity index (χ1n) is 10.1. The number of hydrogen-bond donors (Lipinski definition) is 1. The molecule has 0 atom stereocenters. The van der Waals surface area contributed by atoms with Gasteiger partial charge in [-0.25, -0.2) is 4.79 Å². The summed E-state index contributed by atoms with van der Waals surface area (Å²) in [6.07, 6.45) is 3.99. The van der Waals surface area contributed by atoms with Crippen LogP contribution in [0.25, 0.3) is 27.8 Å². The van der Waals surface area contributed by atoms with Gasteiger partial charge in [-0.2, -0.15) is 0 Å². The van der Waals surface area contributed by atoms with E-state index in [0.717, 1.165) is 46.3 Å². The Hall–Kier alpha value is -3.34. The van der Waals surface area contributed by atoms with Crippen LogP contribution in [-0.4, -0.2) is 14.1 Å². The molecule has 1 N–H and O–H groups in total. The summed E-state index contributed by atoms with van der Waals surface area (Å²) in [7, 11) is 0. The third kappa shape index (κ3) is 2.94. The van der Waals surface area contributed by atoms with E-state index in [1.165, 1.54) is 5.56 Å². The van der Waals surface area contributed by atoms with Crippen molar-refractivity contribution in [3.05, 3.63) is 86.7 Å². The first-order chi connectivity index (χ1) is 14.1. The van der Waals surface area contributed by atoms with E-state index in [4.69, 9.17) is 0 Å². The van der Waals surface area contributed by atoms with Crippen molar-refractivity contribution in [2.24, 2.45) is 0 Å². The van der Waals surface area contributed by atoms with Crippen LogP contribution >= 0.6 is 0 Å². The van der Waals surface area contributed by atoms with Gasteiger partial charge in [0.15, 0.2) is 0 Å². The van der Waals surface area contributed by atoms with Gasteiger partial charge in [0.1, 0.15) is 0 Å². The highest BCUT2D eigenvalue weighted by molar-refractivity contribution is 5.86. The molecule has 29 heavy (non-hydrogen) atoms. The van der Waals surface area contributed by atoms with E-state index in [1.54, 1.807) is 21.4 Å². The van der Waals surface area contributed by atoms with Gasteiger partial charge in [0.05, 0.1) is 16.9 Å². The predicted molar refractivity (Wildman–Crippen MR) is 116 cm³/mol. The highest BCUT2D eigenvalue weighted by Crippen LogP contribution is 2.42. The van der Waals surface area contributed by atoms with Crippen LogP contribution in [0.1, 0.15) is 36.8 Å². The second-order valence-corrected chi connectivity index (χ2v) is 7.84. The Labute approximate surface area is 168 Å². The maximum atomic E-state index is 12.7. The summed E-state index contributed by atoms with van der Waals surface area (Å²) < 4.78 is 3.51. The van der Waals surface area contributed by atoms with Gasteiger partial charge in [-0.1, -0.05) is 29.8 Å². The Kier molecular flexibility index (Phi) is 4.05. The molecule has 1 aliphatic rings. The van der Waals surface area contributed by atoms with Gasteiger partial charge in [0.25, 0.3) is 5.56 Å². The largest absolute Gasteiger partial charge is 0.330 e. The number of hydrogen-bond acceptors (Lipinski definition) is 2. The van der Waals surface area contributed by atoms with Gasteiger partial charge in [0.2, 0.25) is 0 Å². The fourth-order valence-electron chi connectivity index (χ4n) is 4.16. The Morgan fingerprint density at radius 1 is 1.03 bits per heavy atom. The number of aryl methyl sites for hydroxylation is 2. The van der Waals surface area contributed by atoms with Crippen molar-refractivity contribution in [1.82, 2.24) is 14.1 Å². The number of pyridine rings is 1. The van der Waals surface area contributed by atoms with Gasteiger partial charge in [-0.15, -0.1) is 0 Å². The molecule has 146 valence electrons. The minimum absolute atomic E-state index is 0.0498. The van der Waals surface area contributed by atoms with Crippen molar-refractivity contribution in [1.29, 1.82) is 0 Å². The molecule has 2 aromatic carbocycles. The van der Waals surface area contributed by atoms with E-state index < -0.39 is 0 Å². The number of nitrogens with one attached hydrogen (secondary N) is 1. The van der Waals surface area contributed by atoms with Crippen LogP contribution in [0.3, 0.4) is 0 Å². The Morgan fingerprint density at radius 3 is 2.48 bits per heavy atom. The van der Waals surface area contributed by atoms with Crippen molar-refractivity contribution >= 4 is 10.9 Å². The highest BCUT2D eigenvalue weighted by Gasteiger charge is 2.27. The summed E-state index contributed by atoms with van der Waals surface area (Å²) >= 11 is 0. The lowest BCUT2D eigenvalue weighted by Gasteiger charge is -2.14. The van der Waals surface area contributed by atoms with Gasteiger partial charge in [-0.3, -0.25) is 9.36 Å². The summed E-state index contributed by atoms with van der Waals surface area (Å²) in [6.45, 7) is 4.65. The topological polar surface area (TPSA) is 59.8 Å². The molecule has 1 fully saturated rings. The number of benzene rings is 2. The molecule has 0 unspecified atom stereocenters. The molecule has 5 nitrogen and oxygen atoms in total. The Balaban J connectivity index is 1.75. The molecule has 0 bridgehead atoms. The van der Waals surface area contributed by atoms with E-state index in [-0.39, 0.29) is 11.2 Å². The zero-order valence-electron chi connectivity index (χ0n) is 16.6. The Morgan fingerprint density at radius 2 is 1.79 bits per heavy atom. The summed E-state index contributed by atoms with van der Waals surface area (Å²) in [4.78, 5) is 28.1. The molecular weight excluding hydrogens is 362 g/mol. The Bertz CT molecular complexity index is 1340. The van der Waals surface area contributed by atoms with Crippen LogP contribution in [0.2, 0.25) is 0 Å². The molecule has 0 radical (unpaired) electrons. The van der Waals surface area contributed by atoms with E-state index in [9.17, 15) is 9.59 Å². The lowest BCUT2D eigenvalue weighted by atomic mass is 10.0. The minimum atomic E-state index is -0.170. The third-order valence-electron chi connectivity index (χ3n) is 5.84. The summed E-state index contributed by atoms with van der Waals surface area (Å²) in [5.74, 6) is 0.450. The first-order valence-corrected chi connectivity index (χ1v) is 10.1. The second kappa shape index (κ2) is 6.62. The minimum Gasteiger partial charge on any atom is -0.312 e. The van der Waals surface area contributed by atoms with Crippen molar-refractivity contribution in [2.45, 2.75) is 39.2 Å². The molecular formula is C24H23N3O2. The number of nitrogens with zero attached hydrogens (tertiary/aromatic N) is 2. The molecule has 4 aromatic rings. The summed E-state index contributed by atoms with van der Waals surface area (Å²) in [5.41, 5.74) is 5.72. The number of H-pyrrole nitrogens is 1. The standard InChI is InChI=1S/C24H23N3O2/c1-3-26-21-11-10-18(12-20(21)19(13-23(26)28)16-8-9-16)27-22(14-25-24(27)29)17-6-4-15(2)5-7-17/h4-7,10-14,16H,3,8-9H2,1-2H3,(H,25,29). The molecule has 5 rings (SSSR count). The number of aromatic nitrogens is 3. The van der Waals surface area contributed by atoms with E-state index in [1.807, 2.05) is 50.2 Å². The molecule has 5 heteroatoms. The van der Waals surface area contributed by atoms with Crippen molar-refractivity contribution in [2.75, 3.05) is 0 Å². The second-order valence-electron chi connectivity index (χ2n) is 7.84. The maximum Gasteiger partial charge on any atom is 0.330 e. The van der Waals surface area contributed by atoms with Crippen LogP contribution in [-0.2, 0) is 6.54 Å². The number of rotatable bonds is 4. The van der Waals surface area contributed by atoms with Gasteiger partial charge in [-0.05, 0) is 56.4 Å². The number of aromatic amines is 1. The molecule has 2 heterocycles. The molecule has 1 saturated carbocycles. The van der Waals surface area contributed by atoms with Crippen molar-refractivity contribution < 1.29 is 0 Å². The number of imidazole rings is 1. The van der Waals surface area contributed by atoms with Gasteiger partial charge in [0, 0.05) is 29.8 Å². The normalized spacial score (nSPS) is 13.9. The lowest BCUT2D eigenvalue weighted by Crippen LogP contribution is -2.20. The molecule has 0 saturated heterocycles. The van der Waals surface area contributed by atoms with E-state index in [0.29, 0.717) is 12.5 Å². The lowest BCUT2D eigenvalue weighted by molar-refractivity contribution is 0.756. The molecule has 2 aromatic heterocycles. The molecule has 1 aliphatic carbocycles. The maximum absolute atomic E-state index is 12.7. The van der Waals surface area contributed by atoms with Gasteiger partial charge >= 0.3 is 5.69 Å². The molecule has 0 spiro atoms. The zero-order chi connectivity index (χ0) is 20.1. The highest BCUT2D eigenvalue weighted by atomic mass is 16.1. The fraction of sp³-hybridized carbons (Fsp3) is 0.250. The van der Waals surface area contributed by atoms with Gasteiger partial charge < -0.3 is 9.55 Å². The van der Waals surface area contributed by atoms with E-state index in [2.05, 4.69) is 11.1 Å². The van der Waals surface area contributed by atoms with E-state index >= 15 is 0 Å². The van der Waals surface area contributed by atoms with Crippen LogP contribution in [0.15, 0.2) is 64.3 Å². The smallest absolute Gasteiger partial charge is 0.312 e. The predicted octanol–water partition coefficient (Wildman–Crippen LogP) is 4.35. The molecule has 0 aliphatic heterocycles. The third-order valence-corrected chi connectivity index (χ3v) is 5.84. The van der Waals surface area contributed by atoms with Crippen LogP contribution in [0, 0.1) is 6.92 Å². The van der Waals surface area contributed by atoms with Crippen LogP contribution in [0.4, 0.5) is 0 Å². The van der Waals surface area contributed by atoms with Crippen molar-refractivity contribution in [3.8, 4) is 16.9 Å². The first kappa shape index (κ1) is 17.7. The summed E-state index contributed by atoms with van der Waals surface area (Å²) in [6, 6.07) is 15.9. The number of fused-ring (bicyclic) bond motifs is 1. The zero-order valence-corrected chi connectivity index (χ0v) is 16.6. The average molecular weight is 385 g/mol. The molecule has 0 amide bonds. The SMILES string of the molecule is CCn1c(=O)cc(C2CC2)c2cc(-n3c(-c4ccc(C)cc4)c[nH]c3=O)ccc21. The monoisotopic (exact) mass is 385 g/mol. The van der Waals surface area contributed by atoms with Crippen LogP contribution in [0.5, 0.6) is 0 Å². The fourth-order valence-corrected chi connectivity index (χ4v) is 4.16. The average Bonchev–Trinajstić information content (AvgIpc) is 3.50. The van der Waals surface area contributed by atoms with Crippen molar-refractivity contribution in [3.63, 3.8) is 0 Å². The summed E-state index contributed by atoms with van der Waals surface area (Å²) in [5, 5.41) is 1.06.